The standard InChI is InChI=1S/C40H28N2/c1-25-15-16-29-18-17-28-13-8-14-32-22-34(38(25)40(29)39(28)32)35-24-37-33-21-30(26-9-4-2-5-10-26)19-20-31(33)23-36(42(37)41-35)27-11-6-3-7-12-27/h2-25,38H,1H3. The van der Waals surface area contributed by atoms with Gasteiger partial charge in [0.05, 0.1) is 16.9 Å². The lowest BCUT2D eigenvalue weighted by atomic mass is 9.69. The quantitative estimate of drug-likeness (QED) is 0.220. The third-order valence-corrected chi connectivity index (χ3v) is 9.25. The van der Waals surface area contributed by atoms with E-state index in [1.165, 1.54) is 54.9 Å². The maximum Gasteiger partial charge on any atom is 0.0900 e. The molecule has 2 nitrogen and oxygen atoms in total. The lowest BCUT2D eigenvalue weighted by Gasteiger charge is -2.34. The van der Waals surface area contributed by atoms with Gasteiger partial charge in [-0.15, -0.1) is 0 Å². The molecular weight excluding hydrogens is 508 g/mol. The van der Waals surface area contributed by atoms with E-state index in [1.807, 2.05) is 0 Å². The molecule has 5 aromatic carbocycles. The monoisotopic (exact) mass is 536 g/mol. The fourth-order valence-electron chi connectivity index (χ4n) is 7.25. The largest absolute Gasteiger partial charge is 0.232 e. The summed E-state index contributed by atoms with van der Waals surface area (Å²) in [6.07, 6.45) is 7.08. The molecule has 2 atom stereocenters. The first-order valence-electron chi connectivity index (χ1n) is 14.8. The van der Waals surface area contributed by atoms with Crippen LogP contribution in [0.5, 0.6) is 0 Å². The minimum atomic E-state index is 0.264. The molecule has 2 aromatic heterocycles. The maximum absolute atomic E-state index is 5.41. The molecular formula is C40H28N2. The van der Waals surface area contributed by atoms with Gasteiger partial charge in [0.15, 0.2) is 0 Å². The highest BCUT2D eigenvalue weighted by atomic mass is 15.2. The third-order valence-electron chi connectivity index (χ3n) is 9.25. The third kappa shape index (κ3) is 3.42. The number of fused-ring (bicyclic) bond motifs is 3. The summed E-state index contributed by atoms with van der Waals surface area (Å²) < 4.78 is 2.17. The van der Waals surface area contributed by atoms with E-state index in [9.17, 15) is 0 Å². The van der Waals surface area contributed by atoms with Crippen molar-refractivity contribution in [3.63, 3.8) is 0 Å². The van der Waals surface area contributed by atoms with E-state index in [1.54, 1.807) is 0 Å². The number of nitrogens with zero attached hydrogens (tertiary/aromatic N) is 2. The average molecular weight is 537 g/mol. The van der Waals surface area contributed by atoms with Gasteiger partial charge < -0.3 is 0 Å². The molecule has 2 heterocycles. The van der Waals surface area contributed by atoms with Gasteiger partial charge in [-0.2, -0.15) is 5.10 Å². The van der Waals surface area contributed by atoms with Crippen molar-refractivity contribution in [2.75, 3.05) is 0 Å². The molecule has 0 fully saturated rings. The molecule has 0 saturated carbocycles. The van der Waals surface area contributed by atoms with Crippen molar-refractivity contribution < 1.29 is 0 Å². The fraction of sp³-hybridized carbons (Fsp3) is 0.0750. The van der Waals surface area contributed by atoms with Crippen molar-refractivity contribution in [2.24, 2.45) is 5.92 Å². The molecule has 198 valence electrons. The number of aromatic nitrogens is 2. The van der Waals surface area contributed by atoms with E-state index in [-0.39, 0.29) is 5.92 Å². The number of benzene rings is 5. The molecule has 0 spiro atoms. The number of hydrogen-bond acceptors (Lipinski definition) is 1. The van der Waals surface area contributed by atoms with Crippen LogP contribution in [0, 0.1) is 5.92 Å². The minimum absolute atomic E-state index is 0.264. The summed E-state index contributed by atoms with van der Waals surface area (Å²) in [4.78, 5) is 0. The van der Waals surface area contributed by atoms with Crippen LogP contribution in [-0.2, 0) is 0 Å². The zero-order chi connectivity index (χ0) is 27.8. The molecule has 7 aromatic rings. The predicted octanol–water partition coefficient (Wildman–Crippen LogP) is 10.3. The van der Waals surface area contributed by atoms with E-state index in [0.29, 0.717) is 5.92 Å². The zero-order valence-electron chi connectivity index (χ0n) is 23.3. The van der Waals surface area contributed by atoms with Crippen LogP contribution in [0.25, 0.3) is 67.2 Å². The van der Waals surface area contributed by atoms with Gasteiger partial charge in [0.2, 0.25) is 0 Å². The van der Waals surface area contributed by atoms with Gasteiger partial charge in [0, 0.05) is 16.9 Å². The SMILES string of the molecule is CC1C=Cc2ccc3cccc4c3c2C1C(c1cc2c3cc(-c5ccccc5)ccc3cc(-c3ccccc3)n2n1)=C4. The van der Waals surface area contributed by atoms with Crippen LogP contribution in [0.4, 0.5) is 0 Å². The number of pyridine rings is 1. The summed E-state index contributed by atoms with van der Waals surface area (Å²) in [6.45, 7) is 2.34. The Labute approximate surface area is 244 Å². The molecule has 2 aliphatic carbocycles. The van der Waals surface area contributed by atoms with Gasteiger partial charge in [-0.25, -0.2) is 4.52 Å². The second-order valence-electron chi connectivity index (χ2n) is 11.7. The molecule has 2 aliphatic rings. The Morgan fingerprint density at radius 2 is 1.43 bits per heavy atom. The van der Waals surface area contributed by atoms with Crippen LogP contribution >= 0.6 is 0 Å². The molecule has 0 saturated heterocycles. The van der Waals surface area contributed by atoms with Crippen molar-refractivity contribution in [1.29, 1.82) is 0 Å². The molecule has 0 aliphatic heterocycles. The molecule has 0 radical (unpaired) electrons. The molecule has 2 unspecified atom stereocenters. The van der Waals surface area contributed by atoms with Gasteiger partial charge in [-0.3, -0.25) is 0 Å². The lowest BCUT2D eigenvalue weighted by molar-refractivity contribution is 0.651. The van der Waals surface area contributed by atoms with Crippen LogP contribution in [0.1, 0.15) is 35.2 Å². The first-order valence-corrected chi connectivity index (χ1v) is 14.8. The Balaban J connectivity index is 1.33. The molecule has 0 N–H and O–H groups in total. The number of rotatable bonds is 3. The van der Waals surface area contributed by atoms with Gasteiger partial charge >= 0.3 is 0 Å². The Hall–Kier alpha value is -5.21. The summed E-state index contributed by atoms with van der Waals surface area (Å²) >= 11 is 0. The fourth-order valence-corrected chi connectivity index (χ4v) is 7.25. The highest BCUT2D eigenvalue weighted by Gasteiger charge is 2.34. The predicted molar refractivity (Wildman–Crippen MR) is 176 cm³/mol. The first kappa shape index (κ1) is 23.5. The van der Waals surface area contributed by atoms with Crippen LogP contribution in [-0.4, -0.2) is 9.61 Å². The van der Waals surface area contributed by atoms with Crippen LogP contribution < -0.4 is 0 Å². The Kier molecular flexibility index (Phi) is 4.97. The zero-order valence-corrected chi connectivity index (χ0v) is 23.3. The topological polar surface area (TPSA) is 17.3 Å². The second-order valence-corrected chi connectivity index (χ2v) is 11.7. The minimum Gasteiger partial charge on any atom is -0.232 e. The lowest BCUT2D eigenvalue weighted by Crippen LogP contribution is -2.18. The molecule has 0 amide bonds. The Morgan fingerprint density at radius 3 is 2.26 bits per heavy atom. The molecule has 42 heavy (non-hydrogen) atoms. The smallest absolute Gasteiger partial charge is 0.0900 e. The second kappa shape index (κ2) is 8.89. The first-order chi connectivity index (χ1) is 20.7. The van der Waals surface area contributed by atoms with Crippen molar-refractivity contribution >= 4 is 44.8 Å². The van der Waals surface area contributed by atoms with Crippen molar-refractivity contribution in [1.82, 2.24) is 9.61 Å². The summed E-state index contributed by atoms with van der Waals surface area (Å²) in [5.41, 5.74) is 12.3. The highest BCUT2D eigenvalue weighted by molar-refractivity contribution is 6.07. The average Bonchev–Trinajstić information content (AvgIpc) is 3.50. The van der Waals surface area contributed by atoms with Crippen molar-refractivity contribution in [3.8, 4) is 22.4 Å². The van der Waals surface area contributed by atoms with Gasteiger partial charge in [-0.1, -0.05) is 122 Å². The molecule has 0 bridgehead atoms. The van der Waals surface area contributed by atoms with E-state index >= 15 is 0 Å². The van der Waals surface area contributed by atoms with E-state index < -0.39 is 0 Å². The van der Waals surface area contributed by atoms with E-state index in [4.69, 9.17) is 5.10 Å². The maximum atomic E-state index is 5.41. The van der Waals surface area contributed by atoms with Crippen LogP contribution in [0.2, 0.25) is 0 Å². The Morgan fingerprint density at radius 1 is 0.643 bits per heavy atom. The highest BCUT2D eigenvalue weighted by Crippen LogP contribution is 2.51. The van der Waals surface area contributed by atoms with Crippen LogP contribution in [0.15, 0.2) is 127 Å². The molecule has 2 heteroatoms. The number of hydrogen-bond donors (Lipinski definition) is 0. The van der Waals surface area contributed by atoms with Gasteiger partial charge in [0.1, 0.15) is 0 Å². The van der Waals surface area contributed by atoms with Crippen molar-refractivity contribution in [2.45, 2.75) is 12.8 Å². The summed E-state index contributed by atoms with van der Waals surface area (Å²) in [6, 6.07) is 43.9. The number of allylic oxidation sites excluding steroid dienone is 2. The van der Waals surface area contributed by atoms with Gasteiger partial charge in [-0.05, 0) is 79.7 Å². The normalized spacial score (nSPS) is 17.2. The van der Waals surface area contributed by atoms with Gasteiger partial charge in [0.25, 0.3) is 0 Å². The summed E-state index contributed by atoms with van der Waals surface area (Å²) in [5, 5.41) is 10.6. The van der Waals surface area contributed by atoms with Crippen LogP contribution in [0.3, 0.4) is 0 Å². The van der Waals surface area contributed by atoms with Crippen molar-refractivity contribution in [3.05, 3.63) is 150 Å². The van der Waals surface area contributed by atoms with E-state index in [2.05, 4.69) is 151 Å². The Bertz CT molecular complexity index is 2250. The summed E-state index contributed by atoms with van der Waals surface area (Å²) in [7, 11) is 0. The van der Waals surface area contributed by atoms with E-state index in [0.717, 1.165) is 22.5 Å². The summed E-state index contributed by atoms with van der Waals surface area (Å²) in [5.74, 6) is 0.641. The molecule has 9 rings (SSSR count).